The van der Waals surface area contributed by atoms with Gasteiger partial charge in [0.15, 0.2) is 0 Å². The number of hydrogen-bond acceptors (Lipinski definition) is 4. The predicted octanol–water partition coefficient (Wildman–Crippen LogP) is 1.66. The van der Waals surface area contributed by atoms with Crippen molar-refractivity contribution < 1.29 is 19.4 Å². The van der Waals surface area contributed by atoms with Gasteiger partial charge in [-0.3, -0.25) is 9.69 Å². The standard InChI is InChI=1S/C16H23NO4/c1-2-13-5-3-4-6-15(13)21-10-8-17-7-9-20-12-14(11-17)16(18)19/h3-6,14H,2,7-12H2,1H3,(H,18,19). The highest BCUT2D eigenvalue weighted by molar-refractivity contribution is 5.70. The molecule has 1 fully saturated rings. The van der Waals surface area contributed by atoms with Gasteiger partial charge < -0.3 is 14.6 Å². The Hall–Kier alpha value is -1.59. The van der Waals surface area contributed by atoms with Crippen LogP contribution in [0.15, 0.2) is 24.3 Å². The fourth-order valence-corrected chi connectivity index (χ4v) is 2.45. The summed E-state index contributed by atoms with van der Waals surface area (Å²) in [4.78, 5) is 13.2. The van der Waals surface area contributed by atoms with Crippen LogP contribution in [0.5, 0.6) is 5.75 Å². The first-order valence-corrected chi connectivity index (χ1v) is 7.44. The Balaban J connectivity index is 1.83. The van der Waals surface area contributed by atoms with Gasteiger partial charge in [-0.25, -0.2) is 0 Å². The van der Waals surface area contributed by atoms with E-state index >= 15 is 0 Å². The van der Waals surface area contributed by atoms with E-state index in [1.165, 1.54) is 5.56 Å². The lowest BCUT2D eigenvalue weighted by Gasteiger charge is -2.21. The molecule has 1 aliphatic rings. The lowest BCUT2D eigenvalue weighted by Crippen LogP contribution is -2.36. The maximum absolute atomic E-state index is 11.1. The molecule has 5 nitrogen and oxygen atoms in total. The molecule has 1 N–H and O–H groups in total. The summed E-state index contributed by atoms with van der Waals surface area (Å²) in [5.74, 6) is -0.324. The van der Waals surface area contributed by atoms with Gasteiger partial charge in [0.1, 0.15) is 12.4 Å². The van der Waals surface area contributed by atoms with E-state index in [4.69, 9.17) is 14.6 Å². The van der Waals surface area contributed by atoms with E-state index in [1.54, 1.807) is 0 Å². The zero-order valence-corrected chi connectivity index (χ0v) is 12.5. The summed E-state index contributed by atoms with van der Waals surface area (Å²) in [7, 11) is 0. The van der Waals surface area contributed by atoms with Crippen LogP contribution in [0, 0.1) is 5.92 Å². The molecule has 0 aromatic heterocycles. The van der Waals surface area contributed by atoms with Crippen molar-refractivity contribution in [2.24, 2.45) is 5.92 Å². The third-order valence-electron chi connectivity index (χ3n) is 3.72. The first-order valence-electron chi connectivity index (χ1n) is 7.44. The molecule has 1 saturated heterocycles. The van der Waals surface area contributed by atoms with Crippen LogP contribution in [0.25, 0.3) is 0 Å². The largest absolute Gasteiger partial charge is 0.492 e. The summed E-state index contributed by atoms with van der Waals surface area (Å²) in [5.41, 5.74) is 1.19. The highest BCUT2D eigenvalue weighted by atomic mass is 16.5. The fraction of sp³-hybridized carbons (Fsp3) is 0.562. The van der Waals surface area contributed by atoms with Crippen LogP contribution < -0.4 is 4.74 Å². The highest BCUT2D eigenvalue weighted by Gasteiger charge is 2.24. The number of carboxylic acids is 1. The van der Waals surface area contributed by atoms with Crippen molar-refractivity contribution >= 4 is 5.97 Å². The number of aryl methyl sites for hydroxylation is 1. The van der Waals surface area contributed by atoms with Crippen LogP contribution in [-0.4, -0.2) is 55.4 Å². The van der Waals surface area contributed by atoms with Gasteiger partial charge in [-0.15, -0.1) is 0 Å². The molecule has 1 atom stereocenters. The van der Waals surface area contributed by atoms with Crippen LogP contribution >= 0.6 is 0 Å². The van der Waals surface area contributed by atoms with Crippen molar-refractivity contribution in [3.63, 3.8) is 0 Å². The van der Waals surface area contributed by atoms with Crippen LogP contribution in [0.3, 0.4) is 0 Å². The average Bonchev–Trinajstić information content (AvgIpc) is 2.73. The van der Waals surface area contributed by atoms with Crippen molar-refractivity contribution in [3.05, 3.63) is 29.8 Å². The number of para-hydroxylation sites is 1. The molecule has 0 aliphatic carbocycles. The van der Waals surface area contributed by atoms with Crippen LogP contribution in [0.1, 0.15) is 12.5 Å². The number of rotatable bonds is 6. The number of nitrogens with zero attached hydrogens (tertiary/aromatic N) is 1. The number of carbonyl (C=O) groups is 1. The SMILES string of the molecule is CCc1ccccc1OCCN1CCOCC(C(=O)O)C1. The topological polar surface area (TPSA) is 59.0 Å². The van der Waals surface area contributed by atoms with Gasteiger partial charge in [-0.1, -0.05) is 25.1 Å². The smallest absolute Gasteiger partial charge is 0.310 e. The van der Waals surface area contributed by atoms with Crippen LogP contribution in [0.2, 0.25) is 0 Å². The van der Waals surface area contributed by atoms with E-state index in [1.807, 2.05) is 18.2 Å². The van der Waals surface area contributed by atoms with Crippen molar-refractivity contribution in [2.45, 2.75) is 13.3 Å². The molecule has 116 valence electrons. The Morgan fingerprint density at radius 1 is 1.48 bits per heavy atom. The Morgan fingerprint density at radius 3 is 3.05 bits per heavy atom. The quantitative estimate of drug-likeness (QED) is 0.864. The van der Waals surface area contributed by atoms with E-state index in [2.05, 4.69) is 17.9 Å². The molecule has 0 spiro atoms. The van der Waals surface area contributed by atoms with Crippen molar-refractivity contribution in [1.29, 1.82) is 0 Å². The van der Waals surface area contributed by atoms with E-state index in [-0.39, 0.29) is 0 Å². The molecule has 1 aromatic rings. The fourth-order valence-electron chi connectivity index (χ4n) is 2.45. The monoisotopic (exact) mass is 293 g/mol. The summed E-state index contributed by atoms with van der Waals surface area (Å²) in [5, 5.41) is 9.11. The average molecular weight is 293 g/mol. The van der Waals surface area contributed by atoms with Crippen LogP contribution in [-0.2, 0) is 16.0 Å². The Kier molecular flexibility index (Phi) is 6.02. The molecule has 2 rings (SSSR count). The van der Waals surface area contributed by atoms with Gasteiger partial charge in [-0.2, -0.15) is 0 Å². The van der Waals surface area contributed by atoms with Crippen molar-refractivity contribution in [1.82, 2.24) is 4.90 Å². The second-order valence-corrected chi connectivity index (χ2v) is 5.22. The molecule has 0 saturated carbocycles. The van der Waals surface area contributed by atoms with Crippen molar-refractivity contribution in [3.8, 4) is 5.75 Å². The van der Waals surface area contributed by atoms with Gasteiger partial charge >= 0.3 is 5.97 Å². The summed E-state index contributed by atoms with van der Waals surface area (Å²) in [6.45, 7) is 5.53. The molecule has 1 aromatic carbocycles. The van der Waals surface area contributed by atoms with E-state index in [0.29, 0.717) is 32.9 Å². The summed E-state index contributed by atoms with van der Waals surface area (Å²) >= 11 is 0. The Morgan fingerprint density at radius 2 is 2.29 bits per heavy atom. The maximum atomic E-state index is 11.1. The number of ether oxygens (including phenoxy) is 2. The molecule has 1 unspecified atom stereocenters. The lowest BCUT2D eigenvalue weighted by atomic mass is 10.1. The molecule has 0 radical (unpaired) electrons. The van der Waals surface area contributed by atoms with Gasteiger partial charge in [0, 0.05) is 19.6 Å². The number of carboxylic acid groups (broad SMARTS) is 1. The summed E-state index contributed by atoms with van der Waals surface area (Å²) in [6, 6.07) is 8.02. The third-order valence-corrected chi connectivity index (χ3v) is 3.72. The van der Waals surface area contributed by atoms with Gasteiger partial charge in [0.25, 0.3) is 0 Å². The second-order valence-electron chi connectivity index (χ2n) is 5.22. The number of hydrogen-bond donors (Lipinski definition) is 1. The predicted molar refractivity (Wildman–Crippen MR) is 79.7 cm³/mol. The molecule has 0 amide bonds. The molecule has 1 heterocycles. The van der Waals surface area contributed by atoms with E-state index in [0.717, 1.165) is 18.7 Å². The first-order chi connectivity index (χ1) is 10.2. The normalized spacial score (nSPS) is 20.0. The summed E-state index contributed by atoms with van der Waals surface area (Å²) < 4.78 is 11.2. The molecule has 1 aliphatic heterocycles. The minimum atomic E-state index is -0.792. The minimum Gasteiger partial charge on any atom is -0.492 e. The Bertz CT molecular complexity index is 463. The molecule has 21 heavy (non-hydrogen) atoms. The molecular formula is C16H23NO4. The molecular weight excluding hydrogens is 270 g/mol. The maximum Gasteiger partial charge on any atom is 0.310 e. The first kappa shape index (κ1) is 15.8. The zero-order chi connectivity index (χ0) is 15.1. The van der Waals surface area contributed by atoms with Gasteiger partial charge in [0.05, 0.1) is 19.1 Å². The minimum absolute atomic E-state index is 0.297. The molecule has 5 heteroatoms. The van der Waals surface area contributed by atoms with E-state index in [9.17, 15) is 4.79 Å². The zero-order valence-electron chi connectivity index (χ0n) is 12.5. The van der Waals surface area contributed by atoms with E-state index < -0.39 is 11.9 Å². The third kappa shape index (κ3) is 4.72. The molecule has 0 bridgehead atoms. The highest BCUT2D eigenvalue weighted by Crippen LogP contribution is 2.18. The lowest BCUT2D eigenvalue weighted by molar-refractivity contribution is -0.143. The number of aliphatic carboxylic acids is 1. The second kappa shape index (κ2) is 8.00. The van der Waals surface area contributed by atoms with Crippen molar-refractivity contribution in [2.75, 3.05) is 39.5 Å². The Labute approximate surface area is 125 Å². The van der Waals surface area contributed by atoms with Gasteiger partial charge in [-0.05, 0) is 18.1 Å². The number of benzene rings is 1. The van der Waals surface area contributed by atoms with Crippen LogP contribution in [0.4, 0.5) is 0 Å². The summed E-state index contributed by atoms with van der Waals surface area (Å²) in [6.07, 6.45) is 0.939. The van der Waals surface area contributed by atoms with Gasteiger partial charge in [0.2, 0.25) is 0 Å².